The van der Waals surface area contributed by atoms with Crippen LogP contribution in [0, 0.1) is 5.92 Å². The number of piperidine rings is 1. The predicted molar refractivity (Wildman–Crippen MR) is 121 cm³/mol. The molecular formula is C22H26N2O6S2. The molecule has 2 aromatic rings. The third-order valence-electron chi connectivity index (χ3n) is 5.58. The number of para-hydroxylation sites is 1. The molecule has 0 aromatic heterocycles. The molecular weight excluding hydrogens is 452 g/mol. The fourth-order valence-corrected chi connectivity index (χ4v) is 6.12. The van der Waals surface area contributed by atoms with E-state index < -0.39 is 25.8 Å². The maximum absolute atomic E-state index is 12.9. The lowest BCUT2D eigenvalue weighted by molar-refractivity contribution is -0.120. The number of rotatable bonds is 7. The SMILES string of the molecule is CCS(=O)(=O)c1ccccc1NC(=O)C1CCN(S(=O)(=O)c2ccc(C(C)=O)cc2)CC1. The van der Waals surface area contributed by atoms with Gasteiger partial charge in [0.25, 0.3) is 0 Å². The van der Waals surface area contributed by atoms with Crippen LogP contribution < -0.4 is 5.32 Å². The Morgan fingerprint density at radius 2 is 1.56 bits per heavy atom. The van der Waals surface area contributed by atoms with E-state index in [0.717, 1.165) is 0 Å². The van der Waals surface area contributed by atoms with Gasteiger partial charge in [0.2, 0.25) is 15.9 Å². The summed E-state index contributed by atoms with van der Waals surface area (Å²) >= 11 is 0. The zero-order valence-corrected chi connectivity index (χ0v) is 19.6. The van der Waals surface area contributed by atoms with E-state index in [4.69, 9.17) is 0 Å². The summed E-state index contributed by atoms with van der Waals surface area (Å²) in [4.78, 5) is 24.3. The summed E-state index contributed by atoms with van der Waals surface area (Å²) < 4.78 is 51.7. The molecule has 8 nitrogen and oxygen atoms in total. The Morgan fingerprint density at radius 1 is 0.969 bits per heavy atom. The minimum absolute atomic E-state index is 0.0740. The van der Waals surface area contributed by atoms with E-state index in [1.54, 1.807) is 18.2 Å². The van der Waals surface area contributed by atoms with Crippen LogP contribution in [0.2, 0.25) is 0 Å². The number of Topliss-reactive ketones (excluding diaryl/α,β-unsaturated/α-hetero) is 1. The molecule has 1 heterocycles. The Kier molecular flexibility index (Phi) is 7.16. The molecule has 1 amide bonds. The van der Waals surface area contributed by atoms with Gasteiger partial charge >= 0.3 is 0 Å². The van der Waals surface area contributed by atoms with Crippen molar-refractivity contribution in [3.05, 3.63) is 54.1 Å². The van der Waals surface area contributed by atoms with Crippen LogP contribution in [0.1, 0.15) is 37.0 Å². The number of anilines is 1. The third kappa shape index (κ3) is 5.08. The molecule has 172 valence electrons. The fraction of sp³-hybridized carbons (Fsp3) is 0.364. The molecule has 3 rings (SSSR count). The van der Waals surface area contributed by atoms with Crippen molar-refractivity contribution in [2.24, 2.45) is 5.92 Å². The maximum Gasteiger partial charge on any atom is 0.243 e. The molecule has 1 N–H and O–H groups in total. The van der Waals surface area contributed by atoms with Crippen molar-refractivity contribution >= 4 is 37.2 Å². The number of sulfonamides is 1. The minimum Gasteiger partial charge on any atom is -0.325 e. The number of ketones is 1. The second-order valence-electron chi connectivity index (χ2n) is 7.65. The average molecular weight is 479 g/mol. The molecule has 0 aliphatic carbocycles. The van der Waals surface area contributed by atoms with E-state index in [1.165, 1.54) is 48.5 Å². The molecule has 1 saturated heterocycles. The second-order valence-corrected chi connectivity index (χ2v) is 11.8. The number of sulfone groups is 1. The predicted octanol–water partition coefficient (Wildman–Crippen LogP) is 2.72. The summed E-state index contributed by atoms with van der Waals surface area (Å²) in [6.07, 6.45) is 0.637. The van der Waals surface area contributed by atoms with Gasteiger partial charge in [-0.2, -0.15) is 4.31 Å². The molecule has 10 heteroatoms. The van der Waals surface area contributed by atoms with Crippen molar-refractivity contribution in [3.8, 4) is 0 Å². The Bertz CT molecular complexity index is 1210. The van der Waals surface area contributed by atoms with Gasteiger partial charge in [-0.25, -0.2) is 16.8 Å². The van der Waals surface area contributed by atoms with E-state index in [1.807, 2.05) is 0 Å². The molecule has 0 spiro atoms. The summed E-state index contributed by atoms with van der Waals surface area (Å²) in [6.45, 7) is 3.29. The van der Waals surface area contributed by atoms with Gasteiger partial charge in [0.1, 0.15) is 0 Å². The van der Waals surface area contributed by atoms with E-state index >= 15 is 0 Å². The number of hydrogen-bond acceptors (Lipinski definition) is 6. The summed E-state index contributed by atoms with van der Waals surface area (Å²) in [6, 6.07) is 12.0. The number of carbonyl (C=O) groups excluding carboxylic acids is 2. The van der Waals surface area contributed by atoms with Gasteiger partial charge in [-0.15, -0.1) is 0 Å². The van der Waals surface area contributed by atoms with Gasteiger partial charge in [0, 0.05) is 24.6 Å². The Morgan fingerprint density at radius 3 is 2.12 bits per heavy atom. The lowest BCUT2D eigenvalue weighted by atomic mass is 9.97. The number of benzene rings is 2. The highest BCUT2D eigenvalue weighted by Crippen LogP contribution is 2.27. The molecule has 1 fully saturated rings. The minimum atomic E-state index is -3.73. The zero-order chi connectivity index (χ0) is 23.5. The van der Waals surface area contributed by atoms with Crippen LogP contribution in [-0.2, 0) is 24.7 Å². The van der Waals surface area contributed by atoms with Gasteiger partial charge in [0.15, 0.2) is 15.6 Å². The van der Waals surface area contributed by atoms with Crippen LogP contribution >= 0.6 is 0 Å². The number of nitrogens with zero attached hydrogens (tertiary/aromatic N) is 1. The Labute approximate surface area is 188 Å². The van der Waals surface area contributed by atoms with Crippen molar-refractivity contribution in [3.63, 3.8) is 0 Å². The van der Waals surface area contributed by atoms with Crippen LogP contribution in [0.15, 0.2) is 58.3 Å². The fourth-order valence-electron chi connectivity index (χ4n) is 3.60. The van der Waals surface area contributed by atoms with Gasteiger partial charge < -0.3 is 5.32 Å². The third-order valence-corrected chi connectivity index (χ3v) is 9.28. The molecule has 0 saturated carbocycles. The number of nitrogens with one attached hydrogen (secondary N) is 1. The first-order valence-electron chi connectivity index (χ1n) is 10.3. The Balaban J connectivity index is 1.67. The van der Waals surface area contributed by atoms with Crippen LogP contribution in [-0.4, -0.2) is 51.7 Å². The first kappa shape index (κ1) is 24.1. The quantitative estimate of drug-likeness (QED) is 0.612. The smallest absolute Gasteiger partial charge is 0.243 e. The van der Waals surface area contributed by atoms with E-state index in [-0.39, 0.29) is 46.0 Å². The zero-order valence-electron chi connectivity index (χ0n) is 17.9. The molecule has 1 aliphatic heterocycles. The number of hydrogen-bond donors (Lipinski definition) is 1. The van der Waals surface area contributed by atoms with Crippen LogP contribution in [0.5, 0.6) is 0 Å². The second kappa shape index (κ2) is 9.51. The van der Waals surface area contributed by atoms with Crippen LogP contribution in [0.3, 0.4) is 0 Å². The molecule has 0 atom stereocenters. The van der Waals surface area contributed by atoms with Crippen molar-refractivity contribution in [2.45, 2.75) is 36.5 Å². The normalized spacial score (nSPS) is 15.9. The summed E-state index contributed by atoms with van der Waals surface area (Å²) in [5.41, 5.74) is 0.671. The van der Waals surface area contributed by atoms with Crippen molar-refractivity contribution in [1.29, 1.82) is 0 Å². The van der Waals surface area contributed by atoms with Crippen molar-refractivity contribution in [2.75, 3.05) is 24.2 Å². The first-order chi connectivity index (χ1) is 15.1. The van der Waals surface area contributed by atoms with Crippen molar-refractivity contribution in [1.82, 2.24) is 4.31 Å². The largest absolute Gasteiger partial charge is 0.325 e. The highest BCUT2D eigenvalue weighted by Gasteiger charge is 2.32. The average Bonchev–Trinajstić information content (AvgIpc) is 2.79. The monoisotopic (exact) mass is 478 g/mol. The molecule has 32 heavy (non-hydrogen) atoms. The first-order valence-corrected chi connectivity index (χ1v) is 13.4. The van der Waals surface area contributed by atoms with Crippen LogP contribution in [0.4, 0.5) is 5.69 Å². The van der Waals surface area contributed by atoms with Crippen molar-refractivity contribution < 1.29 is 26.4 Å². The van der Waals surface area contributed by atoms with Gasteiger partial charge in [-0.1, -0.05) is 31.2 Å². The van der Waals surface area contributed by atoms with E-state index in [9.17, 15) is 26.4 Å². The number of carbonyl (C=O) groups is 2. The van der Waals surface area contributed by atoms with Gasteiger partial charge in [0.05, 0.1) is 21.2 Å². The lowest BCUT2D eigenvalue weighted by Crippen LogP contribution is -2.41. The number of amides is 1. The highest BCUT2D eigenvalue weighted by molar-refractivity contribution is 7.91. The molecule has 2 aromatic carbocycles. The topological polar surface area (TPSA) is 118 Å². The lowest BCUT2D eigenvalue weighted by Gasteiger charge is -2.30. The van der Waals surface area contributed by atoms with Gasteiger partial charge in [-0.05, 0) is 44.0 Å². The molecule has 0 radical (unpaired) electrons. The maximum atomic E-state index is 12.9. The van der Waals surface area contributed by atoms with Gasteiger partial charge in [-0.3, -0.25) is 9.59 Å². The highest BCUT2D eigenvalue weighted by atomic mass is 32.2. The summed E-state index contributed by atoms with van der Waals surface area (Å²) in [5.74, 6) is -0.983. The standard InChI is InChI=1S/C22H26N2O6S2/c1-3-31(27,28)21-7-5-4-6-20(21)23-22(26)18-12-14-24(15-13-18)32(29,30)19-10-8-17(9-11-19)16(2)25/h4-11,18H,3,12-15H2,1-2H3,(H,23,26). The summed E-state index contributed by atoms with van der Waals surface area (Å²) in [7, 11) is -7.23. The van der Waals surface area contributed by atoms with Crippen LogP contribution in [0.25, 0.3) is 0 Å². The molecule has 1 aliphatic rings. The summed E-state index contributed by atoms with van der Waals surface area (Å²) in [5, 5.41) is 2.70. The van der Waals surface area contributed by atoms with E-state index in [2.05, 4.69) is 5.32 Å². The Hall–Kier alpha value is -2.56. The molecule has 0 unspecified atom stereocenters. The van der Waals surface area contributed by atoms with E-state index in [0.29, 0.717) is 18.4 Å². The molecule has 0 bridgehead atoms.